The van der Waals surface area contributed by atoms with E-state index in [9.17, 15) is 14.3 Å². The molecular weight excluding hydrogens is 373 g/mol. The van der Waals surface area contributed by atoms with Crippen LogP contribution >= 0.6 is 0 Å². The number of esters is 1. The van der Waals surface area contributed by atoms with Crippen LogP contribution in [-0.2, 0) is 16.1 Å². The largest absolute Gasteiger partial charge is 0.497 e. The summed E-state index contributed by atoms with van der Waals surface area (Å²) in [4.78, 5) is 12.1. The number of rotatable bonds is 7. The number of carbonyl (C=O) groups is 1. The Hall–Kier alpha value is -2.44. The first-order valence-electron chi connectivity index (χ1n) is 9.61. The third-order valence-corrected chi connectivity index (χ3v) is 4.35. The molecule has 0 aromatic heterocycles. The molecule has 0 aliphatic heterocycles. The van der Waals surface area contributed by atoms with Crippen molar-refractivity contribution in [2.75, 3.05) is 7.11 Å². The second-order valence-corrected chi connectivity index (χ2v) is 8.32. The van der Waals surface area contributed by atoms with Crippen LogP contribution in [-0.4, -0.2) is 24.2 Å². The molecule has 5 nitrogen and oxygen atoms in total. The highest BCUT2D eigenvalue weighted by molar-refractivity contribution is 5.75. The first-order valence-corrected chi connectivity index (χ1v) is 9.61. The number of carbonyl (C=O) groups excluding carboxylic acids is 1. The van der Waals surface area contributed by atoms with Gasteiger partial charge in [-0.25, -0.2) is 4.39 Å². The zero-order valence-corrected chi connectivity index (χ0v) is 17.9. The van der Waals surface area contributed by atoms with Crippen LogP contribution in [0.3, 0.4) is 0 Å². The van der Waals surface area contributed by atoms with Crippen LogP contribution in [0.15, 0.2) is 36.4 Å². The minimum absolute atomic E-state index is 0.00961. The summed E-state index contributed by atoms with van der Waals surface area (Å²) in [6.45, 7) is 9.23. The fourth-order valence-corrected chi connectivity index (χ4v) is 2.78. The maximum Gasteiger partial charge on any atom is 0.311 e. The van der Waals surface area contributed by atoms with Gasteiger partial charge in [0.05, 0.1) is 12.5 Å². The van der Waals surface area contributed by atoms with E-state index in [1.54, 1.807) is 51.1 Å². The molecule has 2 N–H and O–H groups in total. The average Bonchev–Trinajstić information content (AvgIpc) is 2.65. The molecule has 0 bridgehead atoms. The summed E-state index contributed by atoms with van der Waals surface area (Å²) in [5, 5.41) is 13.7. The smallest absolute Gasteiger partial charge is 0.311 e. The van der Waals surface area contributed by atoms with E-state index in [2.05, 4.69) is 5.32 Å². The average molecular weight is 403 g/mol. The molecule has 2 aromatic rings. The van der Waals surface area contributed by atoms with Crippen molar-refractivity contribution < 1.29 is 23.8 Å². The molecule has 158 valence electrons. The van der Waals surface area contributed by atoms with Crippen LogP contribution in [0.4, 0.5) is 4.39 Å². The van der Waals surface area contributed by atoms with E-state index in [1.165, 1.54) is 13.2 Å². The monoisotopic (exact) mass is 403 g/mol. The van der Waals surface area contributed by atoms with E-state index in [0.29, 0.717) is 28.0 Å². The molecule has 0 saturated heterocycles. The molecule has 0 saturated carbocycles. The molecule has 0 fully saturated rings. The Balaban J connectivity index is 2.45. The number of benzene rings is 2. The summed E-state index contributed by atoms with van der Waals surface area (Å²) < 4.78 is 25.1. The van der Waals surface area contributed by atoms with Crippen molar-refractivity contribution in [2.24, 2.45) is 5.41 Å². The zero-order chi connectivity index (χ0) is 21.8. The third kappa shape index (κ3) is 6.02. The summed E-state index contributed by atoms with van der Waals surface area (Å²) >= 11 is 0. The van der Waals surface area contributed by atoms with Gasteiger partial charge in [0.15, 0.2) is 0 Å². The zero-order valence-electron chi connectivity index (χ0n) is 17.9. The number of nitrogens with one attached hydrogen (secondary N) is 1. The van der Waals surface area contributed by atoms with Gasteiger partial charge in [0.1, 0.15) is 24.4 Å². The van der Waals surface area contributed by atoms with Crippen molar-refractivity contribution in [3.63, 3.8) is 0 Å². The Morgan fingerprint density at radius 1 is 1.14 bits per heavy atom. The number of aliphatic hydroxyl groups is 1. The minimum atomic E-state index is -1.02. The predicted octanol–water partition coefficient (Wildman–Crippen LogP) is 4.58. The van der Waals surface area contributed by atoms with Crippen LogP contribution < -0.4 is 10.1 Å². The molecule has 0 amide bonds. The fourth-order valence-electron chi connectivity index (χ4n) is 2.78. The van der Waals surface area contributed by atoms with Gasteiger partial charge in [0.25, 0.3) is 0 Å². The molecule has 2 rings (SSSR count). The fraction of sp³-hybridized carbons (Fsp3) is 0.435. The molecule has 0 heterocycles. The number of aliphatic hydroxyl groups excluding tert-OH is 1. The topological polar surface area (TPSA) is 67.8 Å². The molecule has 0 aliphatic carbocycles. The second kappa shape index (κ2) is 9.37. The molecule has 2 aromatic carbocycles. The van der Waals surface area contributed by atoms with Gasteiger partial charge in [-0.05, 0) is 70.0 Å². The molecule has 1 atom stereocenters. The third-order valence-electron chi connectivity index (χ3n) is 4.35. The Morgan fingerprint density at radius 3 is 2.41 bits per heavy atom. The van der Waals surface area contributed by atoms with E-state index in [-0.39, 0.29) is 18.6 Å². The first kappa shape index (κ1) is 22.8. The van der Waals surface area contributed by atoms with Crippen molar-refractivity contribution in [1.29, 1.82) is 0 Å². The van der Waals surface area contributed by atoms with Crippen LogP contribution in [0.1, 0.15) is 52.0 Å². The maximum absolute atomic E-state index is 14.6. The highest BCUT2D eigenvalue weighted by Gasteiger charge is 2.23. The van der Waals surface area contributed by atoms with E-state index >= 15 is 0 Å². The predicted molar refractivity (Wildman–Crippen MR) is 111 cm³/mol. The summed E-state index contributed by atoms with van der Waals surface area (Å²) in [5.74, 6) is -0.222. The number of ether oxygens (including phenoxy) is 2. The molecular formula is C23H30FNO4. The second-order valence-electron chi connectivity index (χ2n) is 8.32. The number of hydrogen-bond acceptors (Lipinski definition) is 5. The van der Waals surface area contributed by atoms with Gasteiger partial charge in [0.2, 0.25) is 0 Å². The van der Waals surface area contributed by atoms with Crippen molar-refractivity contribution in [3.8, 4) is 16.9 Å². The normalized spacial score (nSPS) is 12.7. The van der Waals surface area contributed by atoms with Gasteiger partial charge in [-0.3, -0.25) is 10.1 Å². The Kier molecular flexibility index (Phi) is 7.38. The van der Waals surface area contributed by atoms with E-state index in [0.717, 1.165) is 0 Å². The SMILES string of the molecule is COc1ccc(F)c(-c2ccc(COC(=O)C(C)(C)C)cc2C(O)NC(C)C)c1. The highest BCUT2D eigenvalue weighted by atomic mass is 19.1. The Labute approximate surface area is 171 Å². The van der Waals surface area contributed by atoms with Gasteiger partial charge >= 0.3 is 5.97 Å². The van der Waals surface area contributed by atoms with Gasteiger partial charge in [-0.15, -0.1) is 0 Å². The van der Waals surface area contributed by atoms with Crippen molar-refractivity contribution in [3.05, 3.63) is 53.3 Å². The highest BCUT2D eigenvalue weighted by Crippen LogP contribution is 2.33. The van der Waals surface area contributed by atoms with Crippen LogP contribution in [0.2, 0.25) is 0 Å². The van der Waals surface area contributed by atoms with Gasteiger partial charge in [0, 0.05) is 17.2 Å². The Morgan fingerprint density at radius 2 is 1.83 bits per heavy atom. The lowest BCUT2D eigenvalue weighted by Crippen LogP contribution is -2.28. The molecule has 0 radical (unpaired) electrons. The van der Waals surface area contributed by atoms with E-state index < -0.39 is 17.5 Å². The standard InChI is InChI=1S/C23H30FNO4/c1-14(2)25-21(26)19-11-15(13-29-22(27)23(3,4)5)7-9-17(19)18-12-16(28-6)8-10-20(18)24/h7-12,14,21,25-26H,13H2,1-6H3. The molecule has 6 heteroatoms. The van der Waals surface area contributed by atoms with Crippen LogP contribution in [0.5, 0.6) is 5.75 Å². The molecule has 1 unspecified atom stereocenters. The number of halogens is 1. The van der Waals surface area contributed by atoms with Crippen molar-refractivity contribution in [2.45, 2.75) is 53.5 Å². The molecule has 29 heavy (non-hydrogen) atoms. The summed E-state index contributed by atoms with van der Waals surface area (Å²) in [7, 11) is 1.51. The van der Waals surface area contributed by atoms with Crippen molar-refractivity contribution in [1.82, 2.24) is 5.32 Å². The van der Waals surface area contributed by atoms with E-state index in [4.69, 9.17) is 9.47 Å². The Bertz CT molecular complexity index is 858. The molecule has 0 spiro atoms. The summed E-state index contributed by atoms with van der Waals surface area (Å²) in [6.07, 6.45) is -1.02. The summed E-state index contributed by atoms with van der Waals surface area (Å²) in [6, 6.07) is 9.69. The lowest BCUT2D eigenvalue weighted by Gasteiger charge is -2.21. The number of methoxy groups -OCH3 is 1. The summed E-state index contributed by atoms with van der Waals surface area (Å²) in [5.41, 5.74) is 1.45. The lowest BCUT2D eigenvalue weighted by atomic mass is 9.95. The van der Waals surface area contributed by atoms with Gasteiger partial charge in [-0.1, -0.05) is 12.1 Å². The van der Waals surface area contributed by atoms with Crippen molar-refractivity contribution >= 4 is 5.97 Å². The van der Waals surface area contributed by atoms with Crippen LogP contribution in [0, 0.1) is 11.2 Å². The number of hydrogen-bond donors (Lipinski definition) is 2. The minimum Gasteiger partial charge on any atom is -0.497 e. The first-order chi connectivity index (χ1) is 13.5. The van der Waals surface area contributed by atoms with Gasteiger partial charge in [-0.2, -0.15) is 0 Å². The molecule has 0 aliphatic rings. The van der Waals surface area contributed by atoms with Gasteiger partial charge < -0.3 is 14.6 Å². The quantitative estimate of drug-likeness (QED) is 0.523. The maximum atomic E-state index is 14.6. The van der Waals surface area contributed by atoms with Crippen LogP contribution in [0.25, 0.3) is 11.1 Å². The lowest BCUT2D eigenvalue weighted by molar-refractivity contribution is -0.154. The van der Waals surface area contributed by atoms with E-state index in [1.807, 2.05) is 13.8 Å².